The van der Waals surface area contributed by atoms with E-state index >= 15 is 0 Å². The van der Waals surface area contributed by atoms with Gasteiger partial charge >= 0.3 is 0 Å². The minimum Gasteiger partial charge on any atom is -0.195 e. The van der Waals surface area contributed by atoms with E-state index in [-0.39, 0.29) is 29.6 Å². The zero-order valence-electron chi connectivity index (χ0n) is 17.9. The average Bonchev–Trinajstić information content (AvgIpc) is 2.47. The molecule has 7 nitrogen and oxygen atoms in total. The van der Waals surface area contributed by atoms with Crippen LogP contribution in [0.3, 0.4) is 0 Å². The van der Waals surface area contributed by atoms with Crippen molar-refractivity contribution in [2.24, 2.45) is 35.5 Å². The SMILES string of the molecule is O=S(=O)(NC12CC3CC(CC(C3)C1)C2)NS(=O)(=O)NC12CC3CC(CC(C3)C1)C2.[Na]. The van der Waals surface area contributed by atoms with Gasteiger partial charge < -0.3 is 0 Å². The number of nitrogens with one attached hydrogen (secondary N) is 3. The van der Waals surface area contributed by atoms with Crippen molar-refractivity contribution < 1.29 is 16.8 Å². The molecule has 0 unspecified atom stereocenters. The van der Waals surface area contributed by atoms with Crippen molar-refractivity contribution in [1.29, 1.82) is 0 Å². The third-order valence-corrected chi connectivity index (χ3v) is 12.2. The number of hydrogen-bond acceptors (Lipinski definition) is 4. The van der Waals surface area contributed by atoms with Gasteiger partial charge in [0, 0.05) is 40.6 Å². The van der Waals surface area contributed by atoms with Gasteiger partial charge in [-0.2, -0.15) is 26.3 Å². The molecule has 8 aliphatic rings. The first kappa shape index (κ1) is 22.6. The molecular weight excluding hydrogens is 433 g/mol. The van der Waals surface area contributed by atoms with Gasteiger partial charge in [-0.15, -0.1) is 0 Å². The molecule has 0 aromatic carbocycles. The van der Waals surface area contributed by atoms with Gasteiger partial charge in [0.1, 0.15) is 0 Å². The van der Waals surface area contributed by atoms with Crippen LogP contribution >= 0.6 is 0 Å². The van der Waals surface area contributed by atoms with E-state index in [4.69, 9.17) is 0 Å². The van der Waals surface area contributed by atoms with Gasteiger partial charge in [-0.1, -0.05) is 4.13 Å². The summed E-state index contributed by atoms with van der Waals surface area (Å²) in [6, 6.07) is 0. The summed E-state index contributed by atoms with van der Waals surface area (Å²) in [5.74, 6) is 3.53. The van der Waals surface area contributed by atoms with Crippen molar-refractivity contribution in [2.75, 3.05) is 0 Å². The van der Waals surface area contributed by atoms with Crippen molar-refractivity contribution in [3.8, 4) is 0 Å². The van der Waals surface area contributed by atoms with Gasteiger partial charge in [-0.25, -0.2) is 0 Å². The molecule has 0 heterocycles. The Bertz CT molecular complexity index is 776. The Balaban J connectivity index is 0.00000193. The fourth-order valence-electron chi connectivity index (χ4n) is 9.23. The van der Waals surface area contributed by atoms with Gasteiger partial charge in [0.05, 0.1) is 0 Å². The molecule has 0 atom stereocenters. The number of hydrogen-bond donors (Lipinski definition) is 3. The molecule has 8 aliphatic carbocycles. The molecule has 0 saturated heterocycles. The molecule has 30 heavy (non-hydrogen) atoms. The molecule has 0 aromatic rings. The standard InChI is InChI=1S/C20H33N3O4S2.Na/c24-28(25,21-19-7-13-1-14(8-19)3-15(2-13)9-19)23-29(26,27)22-20-10-16-4-17(11-20)6-18(5-16)12-20;/h13-18,21-23H,1-12H2;. The van der Waals surface area contributed by atoms with Crippen molar-refractivity contribution in [3.63, 3.8) is 0 Å². The Kier molecular flexibility index (Phi) is 5.56. The topological polar surface area (TPSA) is 104 Å². The molecule has 8 fully saturated rings. The first-order valence-electron chi connectivity index (χ1n) is 11.5. The predicted octanol–water partition coefficient (Wildman–Crippen LogP) is 1.80. The maximum absolute atomic E-state index is 12.9. The second kappa shape index (κ2) is 7.39. The van der Waals surface area contributed by atoms with Crippen LogP contribution in [0.1, 0.15) is 77.0 Å². The van der Waals surface area contributed by atoms with Gasteiger partial charge in [0.2, 0.25) is 0 Å². The van der Waals surface area contributed by atoms with E-state index in [0.29, 0.717) is 35.5 Å². The minimum absolute atomic E-state index is 0. The van der Waals surface area contributed by atoms with Crippen molar-refractivity contribution >= 4 is 50.0 Å². The van der Waals surface area contributed by atoms with Crippen molar-refractivity contribution in [3.05, 3.63) is 0 Å². The summed E-state index contributed by atoms with van der Waals surface area (Å²) in [5, 5.41) is 0. The van der Waals surface area contributed by atoms with E-state index in [1.54, 1.807) is 0 Å². The van der Waals surface area contributed by atoms with Gasteiger partial charge in [0.25, 0.3) is 20.4 Å². The van der Waals surface area contributed by atoms with Crippen LogP contribution in [0.5, 0.6) is 0 Å². The van der Waals surface area contributed by atoms with Crippen LogP contribution in [0, 0.1) is 35.5 Å². The molecular formula is C20H33N3NaO4S2. The zero-order chi connectivity index (χ0) is 20.1. The van der Waals surface area contributed by atoms with Crippen molar-refractivity contribution in [2.45, 2.75) is 88.1 Å². The third kappa shape index (κ3) is 4.19. The van der Waals surface area contributed by atoms with Crippen LogP contribution in [0.2, 0.25) is 0 Å². The van der Waals surface area contributed by atoms with E-state index in [1.165, 1.54) is 38.5 Å². The second-order valence-corrected chi connectivity index (χ2v) is 14.8. The molecule has 10 heteroatoms. The molecule has 8 rings (SSSR count). The summed E-state index contributed by atoms with van der Waals surface area (Å²) in [4.78, 5) is 0. The number of rotatable bonds is 6. The monoisotopic (exact) mass is 466 g/mol. The van der Waals surface area contributed by atoms with E-state index in [2.05, 4.69) is 9.44 Å². The smallest absolute Gasteiger partial charge is 0.195 e. The molecule has 0 aliphatic heterocycles. The Hall–Kier alpha value is 0.780. The predicted molar refractivity (Wildman–Crippen MR) is 115 cm³/mol. The first-order valence-corrected chi connectivity index (χ1v) is 14.4. The quantitative estimate of drug-likeness (QED) is 0.519. The molecule has 3 N–H and O–H groups in total. The van der Waals surface area contributed by atoms with Crippen LogP contribution in [0.15, 0.2) is 0 Å². The van der Waals surface area contributed by atoms with E-state index in [1.807, 2.05) is 4.13 Å². The summed E-state index contributed by atoms with van der Waals surface area (Å²) < 4.78 is 59.1. The molecule has 8 bridgehead atoms. The first-order chi connectivity index (χ1) is 13.6. The Morgan fingerprint density at radius 1 is 0.500 bits per heavy atom. The molecule has 1 radical (unpaired) electrons. The summed E-state index contributed by atoms with van der Waals surface area (Å²) in [5.41, 5.74) is -0.895. The normalized spacial score (nSPS) is 48.7. The third-order valence-electron chi connectivity index (χ3n) is 9.00. The zero-order valence-corrected chi connectivity index (χ0v) is 21.5. The van der Waals surface area contributed by atoms with Crippen molar-refractivity contribution in [1.82, 2.24) is 13.6 Å². The average molecular weight is 467 g/mol. The fraction of sp³-hybridized carbons (Fsp3) is 1.00. The Morgan fingerprint density at radius 3 is 0.967 bits per heavy atom. The largest absolute Gasteiger partial charge is 0.291 e. The van der Waals surface area contributed by atoms with Crippen LogP contribution in [0.25, 0.3) is 0 Å². The maximum atomic E-state index is 12.9. The fourth-order valence-corrected chi connectivity index (χ4v) is 12.4. The summed E-state index contributed by atoms with van der Waals surface area (Å²) in [7, 11) is -8.27. The van der Waals surface area contributed by atoms with E-state index in [9.17, 15) is 16.8 Å². The summed E-state index contributed by atoms with van der Waals surface area (Å²) >= 11 is 0. The van der Waals surface area contributed by atoms with Crippen LogP contribution < -0.4 is 13.6 Å². The Labute approximate surface area is 202 Å². The Morgan fingerprint density at radius 2 is 0.733 bits per heavy atom. The molecule has 8 saturated carbocycles. The maximum Gasteiger partial charge on any atom is 0.291 e. The van der Waals surface area contributed by atoms with Crippen LogP contribution in [-0.4, -0.2) is 57.5 Å². The van der Waals surface area contributed by atoms with Crippen LogP contribution in [-0.2, 0) is 20.4 Å². The molecule has 0 amide bonds. The summed E-state index contributed by atoms with van der Waals surface area (Å²) in [6.07, 6.45) is 12.3. The molecule has 0 spiro atoms. The second-order valence-electron chi connectivity index (χ2n) is 11.7. The van der Waals surface area contributed by atoms with Crippen LogP contribution in [0.4, 0.5) is 0 Å². The van der Waals surface area contributed by atoms with Gasteiger partial charge in [0.15, 0.2) is 0 Å². The van der Waals surface area contributed by atoms with E-state index in [0.717, 1.165) is 38.5 Å². The van der Waals surface area contributed by atoms with Gasteiger partial charge in [-0.3, -0.25) is 0 Å². The molecule has 0 aromatic heterocycles. The minimum atomic E-state index is -4.14. The van der Waals surface area contributed by atoms with Gasteiger partial charge in [-0.05, 0) is 113 Å². The van der Waals surface area contributed by atoms with E-state index < -0.39 is 31.5 Å². The molecule has 165 valence electrons. The summed E-state index contributed by atoms with van der Waals surface area (Å²) in [6.45, 7) is 0.